The van der Waals surface area contributed by atoms with E-state index >= 15 is 0 Å². The van der Waals surface area contributed by atoms with Crippen LogP contribution in [0.4, 0.5) is 10.1 Å². The van der Waals surface area contributed by atoms with Gasteiger partial charge in [0.2, 0.25) is 0 Å². The number of rotatable bonds is 6. The summed E-state index contributed by atoms with van der Waals surface area (Å²) >= 11 is 0. The van der Waals surface area contributed by atoms with E-state index in [9.17, 15) is 28.9 Å². The molecule has 1 aliphatic heterocycles. The number of non-ortho nitro benzene ring substituents is 1. The van der Waals surface area contributed by atoms with Crippen LogP contribution in [-0.2, 0) is 4.79 Å². The van der Waals surface area contributed by atoms with Crippen molar-refractivity contribution in [2.24, 2.45) is 5.73 Å². The van der Waals surface area contributed by atoms with E-state index in [1.165, 1.54) is 46.2 Å². The van der Waals surface area contributed by atoms with Gasteiger partial charge in [0.1, 0.15) is 5.82 Å². The highest BCUT2D eigenvalue weighted by molar-refractivity contribution is 6.02. The summed E-state index contributed by atoms with van der Waals surface area (Å²) in [5.41, 5.74) is 5.56. The van der Waals surface area contributed by atoms with Gasteiger partial charge in [0, 0.05) is 49.4 Å². The first-order valence-electron chi connectivity index (χ1n) is 9.43. The minimum Gasteiger partial charge on any atom is -0.351 e. The second-order valence-electron chi connectivity index (χ2n) is 6.76. The Hall–Kier alpha value is -3.86. The van der Waals surface area contributed by atoms with Crippen molar-refractivity contribution in [2.45, 2.75) is 6.17 Å². The summed E-state index contributed by atoms with van der Waals surface area (Å²) in [4.78, 5) is 51.5. The van der Waals surface area contributed by atoms with E-state index in [0.29, 0.717) is 0 Å². The molecule has 3 rings (SSSR count). The number of carbonyl (C=O) groups is 3. The average Bonchev–Trinajstić information content (AvgIpc) is 3.22. The molecular weight excluding hydrogens is 409 g/mol. The summed E-state index contributed by atoms with van der Waals surface area (Å²) in [6.07, 6.45) is -1.24. The highest BCUT2D eigenvalue weighted by Crippen LogP contribution is 2.22. The smallest absolute Gasteiger partial charge is 0.269 e. The zero-order valence-electron chi connectivity index (χ0n) is 16.4. The SMILES string of the molecule is NCCNC(=O)C1N(C(=O)c2ccc(F)cc2)CCN1C(=O)c1ccc([N+](=O)[O-])cc1. The molecule has 2 aromatic carbocycles. The number of nitrogens with two attached hydrogens (primary N) is 1. The van der Waals surface area contributed by atoms with Gasteiger partial charge < -0.3 is 20.9 Å². The Morgan fingerprint density at radius 3 is 1.94 bits per heavy atom. The molecule has 0 saturated carbocycles. The van der Waals surface area contributed by atoms with E-state index in [1.54, 1.807) is 0 Å². The second kappa shape index (κ2) is 9.30. The van der Waals surface area contributed by atoms with Crippen LogP contribution in [0, 0.1) is 15.9 Å². The van der Waals surface area contributed by atoms with Crippen LogP contribution in [-0.4, -0.2) is 64.8 Å². The quantitative estimate of drug-likeness (QED) is 0.513. The van der Waals surface area contributed by atoms with Crippen molar-refractivity contribution in [3.63, 3.8) is 0 Å². The van der Waals surface area contributed by atoms with Crippen LogP contribution in [0.2, 0.25) is 0 Å². The van der Waals surface area contributed by atoms with E-state index in [-0.39, 0.29) is 43.0 Å². The predicted molar refractivity (Wildman–Crippen MR) is 107 cm³/mol. The van der Waals surface area contributed by atoms with E-state index in [0.717, 1.165) is 12.1 Å². The third-order valence-corrected chi connectivity index (χ3v) is 4.79. The molecule has 1 fully saturated rings. The minimum absolute atomic E-state index is 0.0729. The fraction of sp³-hybridized carbons (Fsp3) is 0.250. The Labute approximate surface area is 176 Å². The summed E-state index contributed by atoms with van der Waals surface area (Å²) in [5, 5.41) is 13.4. The number of benzene rings is 2. The van der Waals surface area contributed by atoms with Crippen molar-refractivity contribution in [1.82, 2.24) is 15.1 Å². The maximum atomic E-state index is 13.2. The number of nitrogens with zero attached hydrogens (tertiary/aromatic N) is 3. The van der Waals surface area contributed by atoms with Crippen molar-refractivity contribution < 1.29 is 23.7 Å². The molecule has 1 atom stereocenters. The molecule has 2 aromatic rings. The van der Waals surface area contributed by atoms with E-state index in [1.807, 2.05) is 0 Å². The molecule has 1 unspecified atom stereocenters. The maximum Gasteiger partial charge on any atom is 0.269 e. The van der Waals surface area contributed by atoms with Gasteiger partial charge in [0.15, 0.2) is 6.17 Å². The number of carbonyl (C=O) groups excluding carboxylic acids is 3. The van der Waals surface area contributed by atoms with Gasteiger partial charge in [-0.15, -0.1) is 0 Å². The standard InChI is InChI=1S/C20H20FN5O5/c21-15-5-1-13(2-6-15)19(28)24-11-12-25(18(24)17(27)23-10-9-22)20(29)14-3-7-16(8-4-14)26(30)31/h1-8,18H,9-12,22H2,(H,23,27). The Kier molecular flexibility index (Phi) is 6.55. The molecule has 0 aromatic heterocycles. The summed E-state index contributed by atoms with van der Waals surface area (Å²) < 4.78 is 13.2. The summed E-state index contributed by atoms with van der Waals surface area (Å²) in [6, 6.07) is 9.82. The van der Waals surface area contributed by atoms with Crippen molar-refractivity contribution in [2.75, 3.05) is 26.2 Å². The maximum absolute atomic E-state index is 13.2. The molecule has 1 aliphatic rings. The average molecular weight is 429 g/mol. The fourth-order valence-electron chi connectivity index (χ4n) is 3.27. The van der Waals surface area contributed by atoms with E-state index in [4.69, 9.17) is 5.73 Å². The zero-order valence-corrected chi connectivity index (χ0v) is 16.4. The number of nitrogens with one attached hydrogen (secondary N) is 1. The first-order valence-corrected chi connectivity index (χ1v) is 9.43. The van der Waals surface area contributed by atoms with Crippen molar-refractivity contribution in [1.29, 1.82) is 0 Å². The lowest BCUT2D eigenvalue weighted by Gasteiger charge is -2.29. The highest BCUT2D eigenvalue weighted by atomic mass is 19.1. The van der Waals surface area contributed by atoms with Gasteiger partial charge in [-0.1, -0.05) is 0 Å². The number of amides is 3. The molecule has 11 heteroatoms. The van der Waals surface area contributed by atoms with E-state index < -0.39 is 34.6 Å². The molecule has 31 heavy (non-hydrogen) atoms. The Morgan fingerprint density at radius 1 is 1.00 bits per heavy atom. The van der Waals surface area contributed by atoms with E-state index in [2.05, 4.69) is 5.32 Å². The third kappa shape index (κ3) is 4.67. The Balaban J connectivity index is 1.89. The molecular formula is C20H20FN5O5. The molecule has 0 bridgehead atoms. The van der Waals surface area contributed by atoms with Crippen LogP contribution in [0.15, 0.2) is 48.5 Å². The van der Waals surface area contributed by atoms with Gasteiger partial charge in [0.05, 0.1) is 4.92 Å². The molecule has 10 nitrogen and oxygen atoms in total. The number of hydrogen-bond donors (Lipinski definition) is 2. The lowest BCUT2D eigenvalue weighted by Crippen LogP contribution is -2.54. The fourth-order valence-corrected chi connectivity index (χ4v) is 3.27. The molecule has 1 saturated heterocycles. The number of nitro groups is 1. The number of halogens is 1. The summed E-state index contributed by atoms with van der Waals surface area (Å²) in [5.74, 6) is -2.19. The molecule has 162 valence electrons. The van der Waals surface area contributed by atoms with Crippen LogP contribution >= 0.6 is 0 Å². The molecule has 3 N–H and O–H groups in total. The van der Waals surface area contributed by atoms with Crippen LogP contribution < -0.4 is 11.1 Å². The van der Waals surface area contributed by atoms with Gasteiger partial charge in [-0.05, 0) is 36.4 Å². The Morgan fingerprint density at radius 2 is 1.48 bits per heavy atom. The van der Waals surface area contributed by atoms with Gasteiger partial charge >= 0.3 is 0 Å². The normalized spacial score (nSPS) is 15.6. The van der Waals surface area contributed by atoms with Gasteiger partial charge in [-0.2, -0.15) is 0 Å². The van der Waals surface area contributed by atoms with Crippen molar-refractivity contribution >= 4 is 23.4 Å². The molecule has 3 amide bonds. The zero-order chi connectivity index (χ0) is 22.5. The van der Waals surface area contributed by atoms with Crippen LogP contribution in [0.5, 0.6) is 0 Å². The number of nitro benzene ring substituents is 1. The topological polar surface area (TPSA) is 139 Å². The molecule has 0 radical (unpaired) electrons. The molecule has 1 heterocycles. The van der Waals surface area contributed by atoms with Crippen LogP contribution in [0.3, 0.4) is 0 Å². The minimum atomic E-state index is -1.24. The Bertz CT molecular complexity index is 996. The molecule has 0 spiro atoms. The second-order valence-corrected chi connectivity index (χ2v) is 6.76. The third-order valence-electron chi connectivity index (χ3n) is 4.79. The summed E-state index contributed by atoms with van der Waals surface area (Å²) in [6.45, 7) is 0.466. The van der Waals surface area contributed by atoms with Crippen LogP contribution in [0.25, 0.3) is 0 Å². The highest BCUT2D eigenvalue weighted by Gasteiger charge is 2.43. The number of hydrogen-bond acceptors (Lipinski definition) is 6. The first kappa shape index (κ1) is 21.8. The van der Waals surface area contributed by atoms with Gasteiger partial charge in [-0.25, -0.2) is 4.39 Å². The lowest BCUT2D eigenvalue weighted by atomic mass is 10.1. The van der Waals surface area contributed by atoms with Crippen molar-refractivity contribution in [3.05, 3.63) is 75.6 Å². The van der Waals surface area contributed by atoms with Crippen molar-refractivity contribution in [3.8, 4) is 0 Å². The summed E-state index contributed by atoms with van der Waals surface area (Å²) in [7, 11) is 0. The van der Waals surface area contributed by atoms with Gasteiger partial charge in [0.25, 0.3) is 23.4 Å². The lowest BCUT2D eigenvalue weighted by molar-refractivity contribution is -0.384. The first-order chi connectivity index (χ1) is 14.8. The van der Waals surface area contributed by atoms with Crippen LogP contribution in [0.1, 0.15) is 20.7 Å². The largest absolute Gasteiger partial charge is 0.351 e. The monoisotopic (exact) mass is 429 g/mol. The van der Waals surface area contributed by atoms with Gasteiger partial charge in [-0.3, -0.25) is 24.5 Å². The molecule has 0 aliphatic carbocycles. The predicted octanol–water partition coefficient (Wildman–Crippen LogP) is 0.733.